The second-order valence-electron chi connectivity index (χ2n) is 7.03. The number of hydrogen-bond donors (Lipinski definition) is 4. The third kappa shape index (κ3) is 6.60. The molecule has 158 valence electrons. The van der Waals surface area contributed by atoms with Crippen LogP contribution in [0.25, 0.3) is 0 Å². The van der Waals surface area contributed by atoms with Gasteiger partial charge in [0.2, 0.25) is 5.95 Å². The molecular formula is C21H30N4O4. The van der Waals surface area contributed by atoms with Crippen LogP contribution in [0, 0.1) is 6.92 Å². The van der Waals surface area contributed by atoms with Crippen LogP contribution in [0.2, 0.25) is 0 Å². The topological polar surface area (TPSA) is 131 Å². The van der Waals surface area contributed by atoms with Crippen molar-refractivity contribution in [1.82, 2.24) is 9.97 Å². The highest BCUT2D eigenvalue weighted by Gasteiger charge is 2.16. The Morgan fingerprint density at radius 2 is 2.10 bits per heavy atom. The van der Waals surface area contributed by atoms with Gasteiger partial charge in [0.15, 0.2) is 0 Å². The molecule has 1 aromatic heterocycles. The van der Waals surface area contributed by atoms with Crippen molar-refractivity contribution in [2.75, 3.05) is 24.3 Å². The number of phenolic OH excluding ortho intramolecular Hbond substituents is 1. The van der Waals surface area contributed by atoms with Gasteiger partial charge in [0.05, 0.1) is 13.0 Å². The van der Waals surface area contributed by atoms with Gasteiger partial charge in [-0.25, -0.2) is 4.98 Å². The van der Waals surface area contributed by atoms with Crippen molar-refractivity contribution in [1.29, 1.82) is 0 Å². The monoisotopic (exact) mass is 402 g/mol. The van der Waals surface area contributed by atoms with Crippen LogP contribution >= 0.6 is 0 Å². The third-order valence-corrected chi connectivity index (χ3v) is 4.58. The maximum atomic E-state index is 11.6. The Labute approximate surface area is 171 Å². The van der Waals surface area contributed by atoms with E-state index in [1.807, 2.05) is 13.8 Å². The standard InChI is InChI=1S/C21H30N4O4/c1-4-29-19(28)11-15-7-8-16(18(27)10-15)12-17-14(3)24-21(22)25-20(17)23-13(2)6-5-9-26/h7-8,10,13,26-27H,4-6,9,11-12H2,1-3H3,(H3,22,23,24,25). The zero-order valence-electron chi connectivity index (χ0n) is 17.2. The molecule has 2 aromatic rings. The largest absolute Gasteiger partial charge is 0.508 e. The van der Waals surface area contributed by atoms with Crippen molar-refractivity contribution in [2.24, 2.45) is 0 Å². The van der Waals surface area contributed by atoms with Gasteiger partial charge in [-0.05, 0) is 50.8 Å². The first-order valence-electron chi connectivity index (χ1n) is 9.80. The summed E-state index contributed by atoms with van der Waals surface area (Å²) in [5, 5.41) is 22.8. The van der Waals surface area contributed by atoms with Crippen LogP contribution in [0.1, 0.15) is 49.1 Å². The number of aliphatic hydroxyl groups excluding tert-OH is 1. The van der Waals surface area contributed by atoms with E-state index < -0.39 is 0 Å². The molecule has 0 bridgehead atoms. The van der Waals surface area contributed by atoms with Gasteiger partial charge in [0, 0.05) is 30.3 Å². The number of nitrogen functional groups attached to an aromatic ring is 1. The number of hydrogen-bond acceptors (Lipinski definition) is 8. The Balaban J connectivity index is 2.23. The van der Waals surface area contributed by atoms with Crippen molar-refractivity contribution >= 4 is 17.7 Å². The minimum absolute atomic E-state index is 0.0927. The number of carbonyl (C=O) groups excluding carboxylic acids is 1. The van der Waals surface area contributed by atoms with E-state index in [0.717, 1.165) is 17.7 Å². The fourth-order valence-electron chi connectivity index (χ4n) is 3.09. The van der Waals surface area contributed by atoms with Gasteiger partial charge >= 0.3 is 5.97 Å². The molecule has 0 fully saturated rings. The summed E-state index contributed by atoms with van der Waals surface area (Å²) in [6, 6.07) is 5.27. The van der Waals surface area contributed by atoms with Gasteiger partial charge in [0.25, 0.3) is 0 Å². The number of anilines is 2. The number of nitrogens with one attached hydrogen (secondary N) is 1. The number of ether oxygens (including phenoxy) is 1. The third-order valence-electron chi connectivity index (χ3n) is 4.58. The van der Waals surface area contributed by atoms with Gasteiger partial charge < -0.3 is 26.0 Å². The minimum Gasteiger partial charge on any atom is -0.508 e. The Bertz CT molecular complexity index is 842. The van der Waals surface area contributed by atoms with E-state index in [4.69, 9.17) is 15.6 Å². The second-order valence-corrected chi connectivity index (χ2v) is 7.03. The lowest BCUT2D eigenvalue weighted by Gasteiger charge is -2.19. The molecule has 1 atom stereocenters. The Morgan fingerprint density at radius 3 is 2.76 bits per heavy atom. The highest BCUT2D eigenvalue weighted by molar-refractivity contribution is 5.72. The summed E-state index contributed by atoms with van der Waals surface area (Å²) >= 11 is 0. The molecule has 0 radical (unpaired) electrons. The number of phenols is 1. The average molecular weight is 402 g/mol. The van der Waals surface area contributed by atoms with Crippen molar-refractivity contribution in [3.63, 3.8) is 0 Å². The molecule has 8 heteroatoms. The zero-order chi connectivity index (χ0) is 21.4. The van der Waals surface area contributed by atoms with Crippen LogP contribution in [0.3, 0.4) is 0 Å². The number of carbonyl (C=O) groups is 1. The SMILES string of the molecule is CCOC(=O)Cc1ccc(Cc2c(C)nc(N)nc2NC(C)CCCO)c(O)c1. The van der Waals surface area contributed by atoms with Gasteiger partial charge in [-0.2, -0.15) is 4.98 Å². The number of aliphatic hydroxyl groups is 1. The number of aryl methyl sites for hydroxylation is 1. The highest BCUT2D eigenvalue weighted by Crippen LogP contribution is 2.27. The van der Waals surface area contributed by atoms with Crippen LogP contribution in [0.4, 0.5) is 11.8 Å². The number of aromatic nitrogens is 2. The fourth-order valence-corrected chi connectivity index (χ4v) is 3.09. The molecule has 0 saturated heterocycles. The lowest BCUT2D eigenvalue weighted by atomic mass is 10.0. The van der Waals surface area contributed by atoms with Gasteiger partial charge in [-0.3, -0.25) is 4.79 Å². The van der Waals surface area contributed by atoms with Crippen LogP contribution in [0.5, 0.6) is 5.75 Å². The quantitative estimate of drug-likeness (QED) is 0.446. The molecule has 0 aliphatic rings. The van der Waals surface area contributed by atoms with Gasteiger partial charge in [-0.15, -0.1) is 0 Å². The molecular weight excluding hydrogens is 372 g/mol. The second kappa shape index (κ2) is 10.6. The lowest BCUT2D eigenvalue weighted by molar-refractivity contribution is -0.142. The molecule has 1 unspecified atom stereocenters. The molecule has 2 rings (SSSR count). The molecule has 1 aromatic carbocycles. The van der Waals surface area contributed by atoms with E-state index in [2.05, 4.69) is 15.3 Å². The Morgan fingerprint density at radius 1 is 1.34 bits per heavy atom. The summed E-state index contributed by atoms with van der Waals surface area (Å²) in [5.41, 5.74) is 8.77. The van der Waals surface area contributed by atoms with E-state index in [0.29, 0.717) is 36.4 Å². The predicted molar refractivity (Wildman–Crippen MR) is 112 cm³/mol. The van der Waals surface area contributed by atoms with Gasteiger partial charge in [0.1, 0.15) is 11.6 Å². The number of benzene rings is 1. The molecule has 0 aliphatic carbocycles. The van der Waals surface area contributed by atoms with Crippen LogP contribution in [-0.4, -0.2) is 45.4 Å². The van der Waals surface area contributed by atoms with Crippen molar-refractivity contribution in [3.8, 4) is 5.75 Å². The highest BCUT2D eigenvalue weighted by atomic mass is 16.5. The molecule has 5 N–H and O–H groups in total. The van der Waals surface area contributed by atoms with E-state index in [1.54, 1.807) is 25.1 Å². The van der Waals surface area contributed by atoms with Crippen molar-refractivity contribution < 1.29 is 19.7 Å². The number of aromatic hydroxyl groups is 1. The van der Waals surface area contributed by atoms with Crippen LogP contribution in [0.15, 0.2) is 18.2 Å². The summed E-state index contributed by atoms with van der Waals surface area (Å²) in [7, 11) is 0. The van der Waals surface area contributed by atoms with Crippen molar-refractivity contribution in [3.05, 3.63) is 40.6 Å². The Hall–Kier alpha value is -2.87. The lowest BCUT2D eigenvalue weighted by Crippen LogP contribution is -2.19. The molecule has 29 heavy (non-hydrogen) atoms. The molecule has 0 aliphatic heterocycles. The number of esters is 1. The maximum absolute atomic E-state index is 11.6. The first-order chi connectivity index (χ1) is 13.8. The minimum atomic E-state index is -0.328. The number of nitrogens with two attached hydrogens (primary N) is 1. The molecule has 8 nitrogen and oxygen atoms in total. The van der Waals surface area contributed by atoms with Crippen LogP contribution < -0.4 is 11.1 Å². The van der Waals surface area contributed by atoms with E-state index >= 15 is 0 Å². The van der Waals surface area contributed by atoms with E-state index in [1.165, 1.54) is 0 Å². The molecule has 0 amide bonds. The molecule has 1 heterocycles. The summed E-state index contributed by atoms with van der Waals surface area (Å²) in [5.74, 6) is 0.570. The fraction of sp³-hybridized carbons (Fsp3) is 0.476. The smallest absolute Gasteiger partial charge is 0.310 e. The predicted octanol–water partition coefficient (Wildman–Crippen LogP) is 2.34. The zero-order valence-corrected chi connectivity index (χ0v) is 17.2. The van der Waals surface area contributed by atoms with E-state index in [9.17, 15) is 9.90 Å². The van der Waals surface area contributed by atoms with Crippen LogP contribution in [-0.2, 0) is 22.4 Å². The number of nitrogens with zero attached hydrogens (tertiary/aromatic N) is 2. The first-order valence-corrected chi connectivity index (χ1v) is 9.80. The molecule has 0 spiro atoms. The Kier molecular flexibility index (Phi) is 8.21. The average Bonchev–Trinajstić information content (AvgIpc) is 2.64. The summed E-state index contributed by atoms with van der Waals surface area (Å²) < 4.78 is 4.95. The number of rotatable bonds is 10. The first kappa shape index (κ1) is 22.4. The summed E-state index contributed by atoms with van der Waals surface area (Å²) in [6.45, 7) is 6.07. The molecule has 0 saturated carbocycles. The van der Waals surface area contributed by atoms with E-state index in [-0.39, 0.29) is 36.7 Å². The normalized spacial score (nSPS) is 11.9. The van der Waals surface area contributed by atoms with Crippen molar-refractivity contribution in [2.45, 2.75) is 52.5 Å². The summed E-state index contributed by atoms with van der Waals surface area (Å²) in [6.07, 6.45) is 1.99. The van der Waals surface area contributed by atoms with Gasteiger partial charge in [-0.1, -0.05) is 12.1 Å². The maximum Gasteiger partial charge on any atom is 0.310 e. The summed E-state index contributed by atoms with van der Waals surface area (Å²) in [4.78, 5) is 20.2.